The molecule has 212 valence electrons. The SMILES string of the molecule is [B]c1cc(-n2c3ccccc3c3cc(-c4cccc5c4c4ccccc4n5-c4ccccc4)ccc32)cc2c1sc1ccccc12. The second-order valence-corrected chi connectivity index (χ2v) is 13.0. The number of benzene rings is 7. The third-order valence-electron chi connectivity index (χ3n) is 9.45. The van der Waals surface area contributed by atoms with Gasteiger partial charge in [-0.15, -0.1) is 11.3 Å². The Balaban J connectivity index is 1.24. The fourth-order valence-corrected chi connectivity index (χ4v) is 8.61. The zero-order valence-electron chi connectivity index (χ0n) is 24.8. The molecule has 0 bridgehead atoms. The van der Waals surface area contributed by atoms with Gasteiger partial charge in [0.2, 0.25) is 0 Å². The van der Waals surface area contributed by atoms with Crippen LogP contribution >= 0.6 is 11.3 Å². The molecule has 0 unspecified atom stereocenters. The Morgan fingerprint density at radius 2 is 1.09 bits per heavy atom. The maximum absolute atomic E-state index is 6.75. The van der Waals surface area contributed by atoms with E-state index in [9.17, 15) is 0 Å². The first-order valence-corrected chi connectivity index (χ1v) is 16.4. The maximum Gasteiger partial charge on any atom is 0.115 e. The van der Waals surface area contributed by atoms with Crippen LogP contribution in [0.25, 0.3) is 86.3 Å². The molecule has 2 nitrogen and oxygen atoms in total. The van der Waals surface area contributed by atoms with E-state index in [1.165, 1.54) is 75.9 Å². The summed E-state index contributed by atoms with van der Waals surface area (Å²) in [4.78, 5) is 0. The van der Waals surface area contributed by atoms with Gasteiger partial charge in [0, 0.05) is 53.1 Å². The molecule has 7 aromatic carbocycles. The van der Waals surface area contributed by atoms with Crippen LogP contribution in [0.5, 0.6) is 0 Å². The highest BCUT2D eigenvalue weighted by molar-refractivity contribution is 7.26. The number of rotatable bonds is 3. The second-order valence-electron chi connectivity index (χ2n) is 12.0. The summed E-state index contributed by atoms with van der Waals surface area (Å²) >= 11 is 1.77. The molecule has 0 spiro atoms. The van der Waals surface area contributed by atoms with Gasteiger partial charge in [-0.05, 0) is 71.8 Å². The predicted octanol–water partition coefficient (Wildman–Crippen LogP) is 10.7. The Bertz CT molecular complexity index is 2820. The van der Waals surface area contributed by atoms with Crippen LogP contribution < -0.4 is 5.46 Å². The molecule has 4 heteroatoms. The molecule has 0 saturated carbocycles. The molecule has 2 radical (unpaired) electrons. The average molecular weight is 601 g/mol. The molecule has 0 amide bonds. The quantitative estimate of drug-likeness (QED) is 0.179. The van der Waals surface area contributed by atoms with E-state index in [0.717, 1.165) is 15.9 Å². The molecule has 3 heterocycles. The topological polar surface area (TPSA) is 9.86 Å². The summed E-state index contributed by atoms with van der Waals surface area (Å²) in [5.41, 5.74) is 10.3. The van der Waals surface area contributed by atoms with E-state index in [0.29, 0.717) is 0 Å². The Kier molecular flexibility index (Phi) is 5.43. The van der Waals surface area contributed by atoms with Crippen molar-refractivity contribution in [3.63, 3.8) is 0 Å². The molecule has 0 aliphatic rings. The highest BCUT2D eigenvalue weighted by atomic mass is 32.1. The fourth-order valence-electron chi connectivity index (χ4n) is 7.50. The van der Waals surface area contributed by atoms with Crippen molar-refractivity contribution in [3.8, 4) is 22.5 Å². The monoisotopic (exact) mass is 600 g/mol. The molecular formula is C42H25BN2S. The minimum Gasteiger partial charge on any atom is -0.309 e. The zero-order valence-corrected chi connectivity index (χ0v) is 25.6. The summed E-state index contributed by atoms with van der Waals surface area (Å²) in [6, 6.07) is 54.8. The lowest BCUT2D eigenvalue weighted by atomic mass is 9.93. The van der Waals surface area contributed by atoms with E-state index in [2.05, 4.69) is 161 Å². The largest absolute Gasteiger partial charge is 0.309 e. The van der Waals surface area contributed by atoms with Crippen LogP contribution in [0.4, 0.5) is 0 Å². The van der Waals surface area contributed by atoms with Gasteiger partial charge in [0.15, 0.2) is 0 Å². The highest BCUT2D eigenvalue weighted by Crippen LogP contribution is 2.41. The molecule has 46 heavy (non-hydrogen) atoms. The van der Waals surface area contributed by atoms with Gasteiger partial charge < -0.3 is 9.13 Å². The minimum atomic E-state index is 0.817. The molecule has 0 N–H and O–H groups in total. The van der Waals surface area contributed by atoms with E-state index >= 15 is 0 Å². The second kappa shape index (κ2) is 9.71. The van der Waals surface area contributed by atoms with Crippen LogP contribution in [0.15, 0.2) is 152 Å². The molecule has 0 aliphatic carbocycles. The Morgan fingerprint density at radius 3 is 1.93 bits per heavy atom. The molecular weight excluding hydrogens is 575 g/mol. The molecule has 0 atom stereocenters. The Morgan fingerprint density at radius 1 is 0.435 bits per heavy atom. The summed E-state index contributed by atoms with van der Waals surface area (Å²) in [6.45, 7) is 0. The predicted molar refractivity (Wildman–Crippen MR) is 199 cm³/mol. The summed E-state index contributed by atoms with van der Waals surface area (Å²) < 4.78 is 7.16. The van der Waals surface area contributed by atoms with Gasteiger partial charge in [0.1, 0.15) is 7.85 Å². The Labute approximate surface area is 270 Å². The van der Waals surface area contributed by atoms with Crippen molar-refractivity contribution in [2.75, 3.05) is 0 Å². The van der Waals surface area contributed by atoms with Gasteiger partial charge in [-0.25, -0.2) is 0 Å². The summed E-state index contributed by atoms with van der Waals surface area (Å²) in [6.07, 6.45) is 0. The van der Waals surface area contributed by atoms with Crippen LogP contribution in [0, 0.1) is 0 Å². The normalized spacial score (nSPS) is 12.0. The molecule has 10 aromatic rings. The van der Waals surface area contributed by atoms with Gasteiger partial charge in [-0.1, -0.05) is 96.5 Å². The van der Waals surface area contributed by atoms with Crippen molar-refractivity contribution in [2.24, 2.45) is 0 Å². The number of thiophene rings is 1. The van der Waals surface area contributed by atoms with Crippen LogP contribution in [-0.4, -0.2) is 17.0 Å². The average Bonchev–Trinajstić information content (AvgIpc) is 3.76. The molecule has 10 rings (SSSR count). The summed E-state index contributed by atoms with van der Waals surface area (Å²) in [5.74, 6) is 0. The lowest BCUT2D eigenvalue weighted by Gasteiger charge is -2.11. The first-order chi connectivity index (χ1) is 22.7. The van der Waals surface area contributed by atoms with Gasteiger partial charge in [0.05, 0.1) is 22.1 Å². The number of nitrogens with zero attached hydrogens (tertiary/aromatic N) is 2. The van der Waals surface area contributed by atoms with Crippen LogP contribution in [0.1, 0.15) is 0 Å². The number of hydrogen-bond acceptors (Lipinski definition) is 1. The number of para-hydroxylation sites is 3. The summed E-state index contributed by atoms with van der Waals surface area (Å²) in [7, 11) is 6.75. The third-order valence-corrected chi connectivity index (χ3v) is 10.7. The highest BCUT2D eigenvalue weighted by Gasteiger charge is 2.19. The lowest BCUT2D eigenvalue weighted by molar-refractivity contribution is 1.18. The van der Waals surface area contributed by atoms with Gasteiger partial charge >= 0.3 is 0 Å². The standard InChI is InChI=1S/C42H25BN2S/c43-35-25-28(24-34-31-14-6-9-20-40(31)46-42(34)35)45-36-17-7-4-13-30(36)33-23-26(21-22-38(33)45)29-16-10-19-39-41(29)32-15-5-8-18-37(32)44(39)27-11-2-1-3-12-27/h1-25H. The smallest absolute Gasteiger partial charge is 0.115 e. The third kappa shape index (κ3) is 3.59. The van der Waals surface area contributed by atoms with Gasteiger partial charge in [-0.2, -0.15) is 0 Å². The number of aromatic nitrogens is 2. The number of hydrogen-bond donors (Lipinski definition) is 0. The van der Waals surface area contributed by atoms with Gasteiger partial charge in [-0.3, -0.25) is 0 Å². The molecule has 0 fully saturated rings. The fraction of sp³-hybridized carbons (Fsp3) is 0. The van der Waals surface area contributed by atoms with Crippen molar-refractivity contribution < 1.29 is 0 Å². The first kappa shape index (κ1) is 25.7. The van der Waals surface area contributed by atoms with Crippen molar-refractivity contribution in [3.05, 3.63) is 152 Å². The molecule has 3 aromatic heterocycles. The van der Waals surface area contributed by atoms with Crippen molar-refractivity contribution in [2.45, 2.75) is 0 Å². The van der Waals surface area contributed by atoms with E-state index in [1.54, 1.807) is 11.3 Å². The molecule has 0 aliphatic heterocycles. The van der Waals surface area contributed by atoms with E-state index in [-0.39, 0.29) is 0 Å². The van der Waals surface area contributed by atoms with E-state index < -0.39 is 0 Å². The van der Waals surface area contributed by atoms with E-state index in [4.69, 9.17) is 7.85 Å². The van der Waals surface area contributed by atoms with Gasteiger partial charge in [0.25, 0.3) is 0 Å². The van der Waals surface area contributed by atoms with E-state index in [1.807, 2.05) is 0 Å². The lowest BCUT2D eigenvalue weighted by Crippen LogP contribution is -2.05. The number of fused-ring (bicyclic) bond motifs is 9. The Hall–Kier alpha value is -5.58. The first-order valence-electron chi connectivity index (χ1n) is 15.6. The summed E-state index contributed by atoms with van der Waals surface area (Å²) in [5, 5.41) is 7.44. The van der Waals surface area contributed by atoms with Crippen molar-refractivity contribution in [1.29, 1.82) is 0 Å². The van der Waals surface area contributed by atoms with Crippen molar-refractivity contribution in [1.82, 2.24) is 9.13 Å². The minimum absolute atomic E-state index is 0.817. The van der Waals surface area contributed by atoms with Crippen LogP contribution in [-0.2, 0) is 0 Å². The maximum atomic E-state index is 6.75. The van der Waals surface area contributed by atoms with Crippen LogP contribution in [0.3, 0.4) is 0 Å². The molecule has 0 saturated heterocycles. The van der Waals surface area contributed by atoms with Crippen molar-refractivity contribution >= 4 is 88.4 Å². The van der Waals surface area contributed by atoms with Crippen LogP contribution in [0.2, 0.25) is 0 Å². The zero-order chi connectivity index (χ0) is 30.4.